The molecule has 134 valence electrons. The number of nitrogens with zero attached hydrogens (tertiary/aromatic N) is 2. The molecule has 8 heteroatoms. The zero-order valence-corrected chi connectivity index (χ0v) is 16.5. The van der Waals surface area contributed by atoms with Crippen molar-refractivity contribution >= 4 is 61.1 Å². The van der Waals surface area contributed by atoms with Crippen LogP contribution in [0.1, 0.15) is 25.3 Å². The van der Waals surface area contributed by atoms with E-state index >= 15 is 0 Å². The lowest BCUT2D eigenvalue weighted by atomic mass is 10.2. The van der Waals surface area contributed by atoms with Crippen molar-refractivity contribution in [2.24, 2.45) is 0 Å². The summed E-state index contributed by atoms with van der Waals surface area (Å²) in [5.41, 5.74) is 1.83. The summed E-state index contributed by atoms with van der Waals surface area (Å²) in [5.74, 6) is -0.0337. The maximum atomic E-state index is 12.7. The van der Waals surface area contributed by atoms with Gasteiger partial charge in [-0.3, -0.25) is 14.5 Å². The Morgan fingerprint density at radius 2 is 2.28 bits per heavy atom. The molecule has 0 saturated carbocycles. The van der Waals surface area contributed by atoms with Gasteiger partial charge < -0.3 is 4.74 Å². The molecule has 1 atom stereocenters. The molecule has 1 aromatic heterocycles. The van der Waals surface area contributed by atoms with Crippen LogP contribution in [0.5, 0.6) is 0 Å². The van der Waals surface area contributed by atoms with Gasteiger partial charge in [0.1, 0.15) is 0 Å². The Morgan fingerprint density at radius 1 is 1.48 bits per heavy atom. The van der Waals surface area contributed by atoms with Crippen molar-refractivity contribution < 1.29 is 14.3 Å². The van der Waals surface area contributed by atoms with Crippen molar-refractivity contribution in [3.8, 4) is 0 Å². The molecule has 0 bridgehead atoms. The number of thioether (sulfide) groups is 1. The van der Waals surface area contributed by atoms with Gasteiger partial charge in [-0.15, -0.1) is 0 Å². The first-order valence-corrected chi connectivity index (χ1v) is 10.2. The molecule has 0 spiro atoms. The minimum absolute atomic E-state index is 0.00913. The normalized spacial score (nSPS) is 17.2. The number of carbonyl (C=O) groups excluding carboxylic acids is 2. The number of ether oxygens (including phenoxy) is 1. The molecule has 1 aliphatic rings. The molecule has 2 heterocycles. The fourth-order valence-corrected chi connectivity index (χ4v) is 4.55. The van der Waals surface area contributed by atoms with Crippen molar-refractivity contribution in [2.45, 2.75) is 32.8 Å². The smallest absolute Gasteiger partial charge is 0.239 e. The van der Waals surface area contributed by atoms with Gasteiger partial charge in [0, 0.05) is 13.5 Å². The van der Waals surface area contributed by atoms with E-state index in [0.717, 1.165) is 47.0 Å². The van der Waals surface area contributed by atoms with Crippen molar-refractivity contribution in [1.29, 1.82) is 0 Å². The van der Waals surface area contributed by atoms with Crippen LogP contribution in [0.25, 0.3) is 10.2 Å². The maximum absolute atomic E-state index is 12.7. The lowest BCUT2D eigenvalue weighted by Gasteiger charge is -2.22. The van der Waals surface area contributed by atoms with Gasteiger partial charge in [0.2, 0.25) is 5.91 Å². The molecule has 0 N–H and O–H groups in total. The number of hydrogen-bond donors (Lipinski definition) is 0. The highest BCUT2D eigenvalue weighted by Crippen LogP contribution is 2.36. The predicted octanol–water partition coefficient (Wildman–Crippen LogP) is 4.05. The fraction of sp³-hybridized carbons (Fsp3) is 0.471. The van der Waals surface area contributed by atoms with E-state index in [1.165, 1.54) is 18.3 Å². The highest BCUT2D eigenvalue weighted by molar-refractivity contribution is 8.14. The monoisotopic (exact) mass is 398 g/mol. The van der Waals surface area contributed by atoms with E-state index in [2.05, 4.69) is 4.98 Å². The summed E-state index contributed by atoms with van der Waals surface area (Å²) in [5, 5.41) is 1.16. The first-order valence-electron chi connectivity index (χ1n) is 8.06. The van der Waals surface area contributed by atoms with Crippen LogP contribution in [-0.4, -0.2) is 41.0 Å². The number of rotatable bonds is 5. The van der Waals surface area contributed by atoms with Crippen LogP contribution in [0.4, 0.5) is 5.13 Å². The van der Waals surface area contributed by atoms with Crippen LogP contribution in [0, 0.1) is 6.92 Å². The number of halogens is 1. The molecule has 1 unspecified atom stereocenters. The summed E-state index contributed by atoms with van der Waals surface area (Å²) < 4.78 is 6.56. The second kappa shape index (κ2) is 8.03. The standard InChI is InChI=1S/C17H19ClN2O3S2/c1-10-5-6-13(18)16-15(10)19-17(25-16)20(8-12-4-3-7-23-12)14(22)9-24-11(2)21/h5-6,12H,3-4,7-9H2,1-2H3. The number of hydrogen-bond acceptors (Lipinski definition) is 6. The molecule has 1 aliphatic heterocycles. The summed E-state index contributed by atoms with van der Waals surface area (Å²) in [7, 11) is 0. The second-order valence-corrected chi connectivity index (χ2v) is 8.50. The Bertz CT molecular complexity index is 764. The topological polar surface area (TPSA) is 59.5 Å². The maximum Gasteiger partial charge on any atom is 0.239 e. The molecule has 2 aromatic rings. The van der Waals surface area contributed by atoms with Crippen LogP contribution >= 0.6 is 34.7 Å². The van der Waals surface area contributed by atoms with Crippen LogP contribution < -0.4 is 4.90 Å². The predicted molar refractivity (Wildman–Crippen MR) is 104 cm³/mol. The average molecular weight is 399 g/mol. The molecular weight excluding hydrogens is 380 g/mol. The van der Waals surface area contributed by atoms with Crippen molar-refractivity contribution in [3.05, 3.63) is 22.7 Å². The molecule has 25 heavy (non-hydrogen) atoms. The van der Waals surface area contributed by atoms with Gasteiger partial charge in [0.15, 0.2) is 10.2 Å². The molecule has 5 nitrogen and oxygen atoms in total. The van der Waals surface area contributed by atoms with Crippen molar-refractivity contribution in [2.75, 3.05) is 23.8 Å². The minimum Gasteiger partial charge on any atom is -0.376 e. The fourth-order valence-electron chi connectivity index (χ4n) is 2.73. The van der Waals surface area contributed by atoms with Gasteiger partial charge in [-0.2, -0.15) is 0 Å². The highest BCUT2D eigenvalue weighted by Gasteiger charge is 2.27. The van der Waals surface area contributed by atoms with E-state index in [4.69, 9.17) is 16.3 Å². The molecule has 0 aliphatic carbocycles. The highest BCUT2D eigenvalue weighted by atomic mass is 35.5. The lowest BCUT2D eigenvalue weighted by Crippen LogP contribution is -2.38. The van der Waals surface area contributed by atoms with Gasteiger partial charge in [0.05, 0.1) is 33.6 Å². The summed E-state index contributed by atoms with van der Waals surface area (Å²) in [6.07, 6.45) is 1.93. The van der Waals surface area contributed by atoms with Gasteiger partial charge in [-0.05, 0) is 31.4 Å². The summed E-state index contributed by atoms with van der Waals surface area (Å²) in [6.45, 7) is 4.61. The Hall–Kier alpha value is -1.15. The zero-order valence-electron chi connectivity index (χ0n) is 14.1. The Balaban J connectivity index is 1.92. The van der Waals surface area contributed by atoms with E-state index < -0.39 is 0 Å². The molecule has 1 saturated heterocycles. The number of amides is 1. The third-order valence-electron chi connectivity index (χ3n) is 4.03. The summed E-state index contributed by atoms with van der Waals surface area (Å²) in [4.78, 5) is 30.2. The van der Waals surface area contributed by atoms with E-state index in [-0.39, 0.29) is 22.9 Å². The number of benzene rings is 1. The number of thiazole rings is 1. The lowest BCUT2D eigenvalue weighted by molar-refractivity contribution is -0.117. The summed E-state index contributed by atoms with van der Waals surface area (Å²) >= 11 is 8.71. The molecule has 3 rings (SSSR count). The van der Waals surface area contributed by atoms with Gasteiger partial charge in [-0.25, -0.2) is 4.98 Å². The third kappa shape index (κ3) is 4.34. The number of anilines is 1. The van der Waals surface area contributed by atoms with E-state index in [1.54, 1.807) is 4.90 Å². The number of aromatic nitrogens is 1. The van der Waals surface area contributed by atoms with Crippen LogP contribution in [-0.2, 0) is 14.3 Å². The van der Waals surface area contributed by atoms with Crippen LogP contribution in [0.3, 0.4) is 0 Å². The van der Waals surface area contributed by atoms with Crippen molar-refractivity contribution in [3.63, 3.8) is 0 Å². The second-order valence-electron chi connectivity index (χ2n) is 5.96. The Labute approximate surface area is 159 Å². The largest absolute Gasteiger partial charge is 0.376 e. The number of fused-ring (bicyclic) bond motifs is 1. The molecule has 1 fully saturated rings. The van der Waals surface area contributed by atoms with E-state index in [1.807, 2.05) is 19.1 Å². The number of carbonyl (C=O) groups is 2. The van der Waals surface area contributed by atoms with Gasteiger partial charge in [-0.1, -0.05) is 40.8 Å². The van der Waals surface area contributed by atoms with Crippen LogP contribution in [0.2, 0.25) is 5.02 Å². The summed E-state index contributed by atoms with van der Waals surface area (Å²) in [6, 6.07) is 3.77. The van der Waals surface area contributed by atoms with E-state index in [9.17, 15) is 9.59 Å². The van der Waals surface area contributed by atoms with Crippen LogP contribution in [0.15, 0.2) is 12.1 Å². The first-order chi connectivity index (χ1) is 12.0. The van der Waals surface area contributed by atoms with Gasteiger partial charge >= 0.3 is 0 Å². The SMILES string of the molecule is CC(=O)SCC(=O)N(CC1CCCO1)c1nc2c(C)ccc(Cl)c2s1. The molecule has 0 radical (unpaired) electrons. The zero-order chi connectivity index (χ0) is 18.0. The molecule has 1 aromatic carbocycles. The van der Waals surface area contributed by atoms with Crippen molar-refractivity contribution in [1.82, 2.24) is 4.98 Å². The Kier molecular flexibility index (Phi) is 5.99. The third-order valence-corrected chi connectivity index (χ3v) is 6.36. The molecule has 1 amide bonds. The number of aryl methyl sites for hydroxylation is 1. The van der Waals surface area contributed by atoms with Gasteiger partial charge in [0.25, 0.3) is 0 Å². The minimum atomic E-state index is -0.136. The Morgan fingerprint density at radius 3 is 2.92 bits per heavy atom. The average Bonchev–Trinajstić information content (AvgIpc) is 3.23. The molecular formula is C17H19ClN2O3S2. The quantitative estimate of drug-likeness (QED) is 0.760. The first kappa shape index (κ1) is 18.6. The van der Waals surface area contributed by atoms with E-state index in [0.29, 0.717) is 16.7 Å².